The fraction of sp³-hybridized carbons (Fsp3) is 0.500. The Balaban J connectivity index is 2.04. The van der Waals surface area contributed by atoms with Gasteiger partial charge in [-0.3, -0.25) is 15.0 Å². The highest BCUT2D eigenvalue weighted by Crippen LogP contribution is 2.37. The van der Waals surface area contributed by atoms with Crippen molar-refractivity contribution in [3.63, 3.8) is 0 Å². The molecule has 1 N–H and O–H groups in total. The van der Waals surface area contributed by atoms with Crippen LogP contribution in [0.25, 0.3) is 0 Å². The molecule has 0 heterocycles. The van der Waals surface area contributed by atoms with Gasteiger partial charge in [0.15, 0.2) is 0 Å². The Morgan fingerprint density at radius 3 is 2.36 bits per heavy atom. The van der Waals surface area contributed by atoms with Crippen molar-refractivity contribution in [3.05, 3.63) is 68.3 Å². The van der Waals surface area contributed by atoms with E-state index in [2.05, 4.69) is 17.9 Å². The van der Waals surface area contributed by atoms with Gasteiger partial charge in [-0.05, 0) is 73.9 Å². The van der Waals surface area contributed by atoms with Crippen molar-refractivity contribution in [2.45, 2.75) is 71.6 Å². The molecule has 7 nitrogen and oxygen atoms in total. The third-order valence-corrected chi connectivity index (χ3v) is 6.81. The van der Waals surface area contributed by atoms with Crippen LogP contribution in [0.5, 0.6) is 0 Å². The van der Waals surface area contributed by atoms with Crippen LogP contribution in [-0.4, -0.2) is 34.1 Å². The molecule has 0 aliphatic heterocycles. The molecule has 0 bridgehead atoms. The molecule has 2 aromatic carbocycles. The normalized spacial score (nSPS) is 13.8. The van der Waals surface area contributed by atoms with E-state index in [1.165, 1.54) is 12.5 Å². The molecule has 0 fully saturated rings. The van der Waals surface area contributed by atoms with Gasteiger partial charge in [-0.1, -0.05) is 19.4 Å². The van der Waals surface area contributed by atoms with E-state index < -0.39 is 34.5 Å². The van der Waals surface area contributed by atoms with Crippen molar-refractivity contribution in [2.24, 2.45) is 0 Å². The number of rotatable bonds is 10. The lowest BCUT2D eigenvalue weighted by Gasteiger charge is -2.31. The van der Waals surface area contributed by atoms with Gasteiger partial charge in [0.05, 0.1) is 23.1 Å². The smallest absolute Gasteiger partial charge is 0.416 e. The number of nitro benzene ring substituents is 1. The molecule has 1 unspecified atom stereocenters. The molecule has 0 saturated carbocycles. The van der Waals surface area contributed by atoms with Crippen LogP contribution in [0, 0.1) is 10.1 Å². The summed E-state index contributed by atoms with van der Waals surface area (Å²) >= 11 is 0. The molecule has 1 aliphatic rings. The summed E-state index contributed by atoms with van der Waals surface area (Å²) in [6, 6.07) is 5.36. The zero-order valence-corrected chi connectivity index (χ0v) is 20.8. The average molecular weight is 508 g/mol. The molecule has 0 saturated heterocycles. The van der Waals surface area contributed by atoms with Gasteiger partial charge in [0.2, 0.25) is 0 Å². The fourth-order valence-corrected chi connectivity index (χ4v) is 4.76. The Bertz CT molecular complexity index is 1120. The van der Waals surface area contributed by atoms with Crippen LogP contribution >= 0.6 is 0 Å². The van der Waals surface area contributed by atoms with E-state index in [1.807, 2.05) is 13.0 Å². The number of anilines is 1. The Morgan fingerprint density at radius 2 is 1.81 bits per heavy atom. The van der Waals surface area contributed by atoms with Gasteiger partial charge in [-0.2, -0.15) is 13.2 Å². The SMILES string of the molecule is CCCCN(CC)c1cc2c(cc1CN(C(=O)O)C(C)c1cc([N+](=O)[O-])cc(C(F)(F)F)c1)CCC2. The number of benzene rings is 2. The number of carboxylic acid groups (broad SMARTS) is 1. The molecule has 3 rings (SSSR count). The van der Waals surface area contributed by atoms with E-state index in [0.29, 0.717) is 6.07 Å². The van der Waals surface area contributed by atoms with E-state index in [-0.39, 0.29) is 12.1 Å². The maximum atomic E-state index is 13.4. The number of hydrogen-bond acceptors (Lipinski definition) is 4. The Hall–Kier alpha value is -3.30. The Labute approximate surface area is 208 Å². The lowest BCUT2D eigenvalue weighted by Crippen LogP contribution is -2.33. The van der Waals surface area contributed by atoms with Crippen LogP contribution in [-0.2, 0) is 25.6 Å². The first-order chi connectivity index (χ1) is 17.0. The number of nitro groups is 1. The molecule has 2 aromatic rings. The maximum absolute atomic E-state index is 13.4. The molecular weight excluding hydrogens is 475 g/mol. The number of alkyl halides is 3. The summed E-state index contributed by atoms with van der Waals surface area (Å²) in [5.74, 6) is 0. The molecule has 1 atom stereocenters. The van der Waals surface area contributed by atoms with Crippen LogP contribution in [0.2, 0.25) is 0 Å². The van der Waals surface area contributed by atoms with Gasteiger partial charge in [0.1, 0.15) is 0 Å². The summed E-state index contributed by atoms with van der Waals surface area (Å²) in [5.41, 5.74) is 2.12. The predicted molar refractivity (Wildman–Crippen MR) is 131 cm³/mol. The van der Waals surface area contributed by atoms with E-state index in [0.717, 1.165) is 79.0 Å². The molecule has 196 valence electrons. The summed E-state index contributed by atoms with van der Waals surface area (Å²) in [4.78, 5) is 26.0. The number of aryl methyl sites for hydroxylation is 2. The van der Waals surface area contributed by atoms with E-state index in [9.17, 15) is 33.2 Å². The molecular formula is C26H32F3N3O4. The largest absolute Gasteiger partial charge is 0.465 e. The van der Waals surface area contributed by atoms with E-state index in [4.69, 9.17) is 0 Å². The zero-order chi connectivity index (χ0) is 26.6. The second kappa shape index (κ2) is 11.2. The quantitative estimate of drug-likeness (QED) is 0.277. The summed E-state index contributed by atoms with van der Waals surface area (Å²) < 4.78 is 40.3. The van der Waals surface area contributed by atoms with Gasteiger partial charge < -0.3 is 10.0 Å². The number of fused-ring (bicyclic) bond motifs is 1. The summed E-state index contributed by atoms with van der Waals surface area (Å²) in [7, 11) is 0. The summed E-state index contributed by atoms with van der Waals surface area (Å²) in [5, 5.41) is 21.4. The second-order valence-corrected chi connectivity index (χ2v) is 9.19. The Kier molecular flexibility index (Phi) is 8.47. The first-order valence-corrected chi connectivity index (χ1v) is 12.2. The van der Waals surface area contributed by atoms with Gasteiger partial charge >= 0.3 is 12.3 Å². The first kappa shape index (κ1) is 27.3. The maximum Gasteiger partial charge on any atom is 0.416 e. The molecule has 36 heavy (non-hydrogen) atoms. The highest BCUT2D eigenvalue weighted by atomic mass is 19.4. The fourth-order valence-electron chi connectivity index (χ4n) is 4.76. The molecule has 0 aromatic heterocycles. The highest BCUT2D eigenvalue weighted by Gasteiger charge is 2.34. The standard InChI is InChI=1S/C26H32F3N3O4/c1-4-6-10-30(5-2)24-14-19-9-7-8-18(19)11-21(24)16-31(25(33)34)17(3)20-12-22(26(27,28)29)15-23(13-20)32(35)36/h11-15,17H,4-10,16H2,1-3H3,(H,33,34). The van der Waals surface area contributed by atoms with Crippen LogP contribution < -0.4 is 4.90 Å². The Morgan fingerprint density at radius 1 is 1.14 bits per heavy atom. The minimum Gasteiger partial charge on any atom is -0.465 e. The van der Waals surface area contributed by atoms with Crippen molar-refractivity contribution >= 4 is 17.5 Å². The van der Waals surface area contributed by atoms with Crippen molar-refractivity contribution in [1.29, 1.82) is 0 Å². The number of unbranched alkanes of at least 4 members (excludes halogenated alkanes) is 1. The third kappa shape index (κ3) is 6.09. The van der Waals surface area contributed by atoms with Crippen molar-refractivity contribution < 1.29 is 28.0 Å². The number of hydrogen-bond donors (Lipinski definition) is 1. The molecule has 1 amide bonds. The number of halogens is 3. The van der Waals surface area contributed by atoms with E-state index >= 15 is 0 Å². The van der Waals surface area contributed by atoms with Gasteiger partial charge in [-0.15, -0.1) is 0 Å². The van der Waals surface area contributed by atoms with Crippen LogP contribution in [0.3, 0.4) is 0 Å². The minimum atomic E-state index is -4.80. The second-order valence-electron chi connectivity index (χ2n) is 9.19. The predicted octanol–water partition coefficient (Wildman–Crippen LogP) is 6.97. The number of amides is 1. The average Bonchev–Trinajstić information content (AvgIpc) is 3.28. The highest BCUT2D eigenvalue weighted by molar-refractivity contribution is 5.67. The van der Waals surface area contributed by atoms with Crippen molar-refractivity contribution in [2.75, 3.05) is 18.0 Å². The molecule has 0 radical (unpaired) electrons. The molecule has 0 spiro atoms. The molecule has 1 aliphatic carbocycles. The monoisotopic (exact) mass is 507 g/mol. The number of nitrogens with zero attached hydrogens (tertiary/aromatic N) is 3. The first-order valence-electron chi connectivity index (χ1n) is 12.2. The van der Waals surface area contributed by atoms with Crippen LogP contribution in [0.15, 0.2) is 30.3 Å². The van der Waals surface area contributed by atoms with Gasteiger partial charge in [0.25, 0.3) is 5.69 Å². The molecule has 10 heteroatoms. The number of carbonyl (C=O) groups is 1. The minimum absolute atomic E-state index is 0.0498. The van der Waals surface area contributed by atoms with Gasteiger partial charge in [-0.25, -0.2) is 4.79 Å². The van der Waals surface area contributed by atoms with E-state index in [1.54, 1.807) is 0 Å². The topological polar surface area (TPSA) is 86.9 Å². The third-order valence-electron chi connectivity index (χ3n) is 6.81. The number of non-ortho nitro benzene ring substituents is 1. The summed E-state index contributed by atoms with van der Waals surface area (Å²) in [6.07, 6.45) is -1.27. The lowest BCUT2D eigenvalue weighted by molar-refractivity contribution is -0.385. The summed E-state index contributed by atoms with van der Waals surface area (Å²) in [6.45, 7) is 7.07. The van der Waals surface area contributed by atoms with Crippen molar-refractivity contribution in [3.8, 4) is 0 Å². The zero-order valence-electron chi connectivity index (χ0n) is 20.8. The van der Waals surface area contributed by atoms with Gasteiger partial charge in [0, 0.05) is 30.9 Å². The van der Waals surface area contributed by atoms with Crippen LogP contribution in [0.1, 0.15) is 73.9 Å². The van der Waals surface area contributed by atoms with Crippen molar-refractivity contribution in [1.82, 2.24) is 4.90 Å². The van der Waals surface area contributed by atoms with Crippen LogP contribution in [0.4, 0.5) is 29.3 Å². The lowest BCUT2D eigenvalue weighted by atomic mass is 9.99.